The van der Waals surface area contributed by atoms with Gasteiger partial charge in [0.1, 0.15) is 0 Å². The lowest BCUT2D eigenvalue weighted by atomic mass is 10.1. The Morgan fingerprint density at radius 3 is 2.53 bits per heavy atom. The average Bonchev–Trinajstić information content (AvgIpc) is 2.50. The molecular weight excluding hydrogens is 234 g/mol. The highest BCUT2D eigenvalue weighted by atomic mass is 15.2. The van der Waals surface area contributed by atoms with Crippen molar-refractivity contribution < 1.29 is 0 Å². The minimum atomic E-state index is 0.795. The van der Waals surface area contributed by atoms with Gasteiger partial charge in [-0.1, -0.05) is 42.5 Å². The fourth-order valence-electron chi connectivity index (χ4n) is 2.04. The number of benzene rings is 1. The zero-order chi connectivity index (χ0) is 12.9. The van der Waals surface area contributed by atoms with Crippen molar-refractivity contribution >= 4 is 0 Å². The molecule has 1 aliphatic rings. The van der Waals surface area contributed by atoms with E-state index in [0.29, 0.717) is 0 Å². The van der Waals surface area contributed by atoms with Crippen LogP contribution in [0.2, 0.25) is 0 Å². The topological polar surface area (TPSA) is 29.0 Å². The SMILES string of the molecule is C1=CCN(Cc2ccc(-c3ccccc3)nn2)C=C1. The van der Waals surface area contributed by atoms with Gasteiger partial charge in [-0.25, -0.2) is 0 Å². The number of nitrogens with zero attached hydrogens (tertiary/aromatic N) is 3. The lowest BCUT2D eigenvalue weighted by Gasteiger charge is -2.19. The zero-order valence-electron chi connectivity index (χ0n) is 10.6. The highest BCUT2D eigenvalue weighted by Gasteiger charge is 2.04. The van der Waals surface area contributed by atoms with Crippen molar-refractivity contribution in [1.29, 1.82) is 0 Å². The number of allylic oxidation sites excluding steroid dienone is 2. The monoisotopic (exact) mass is 249 g/mol. The van der Waals surface area contributed by atoms with Crippen LogP contribution in [0.25, 0.3) is 11.3 Å². The molecule has 2 heterocycles. The summed E-state index contributed by atoms with van der Waals surface area (Å²) in [6.45, 7) is 1.72. The molecule has 3 nitrogen and oxygen atoms in total. The maximum atomic E-state index is 4.30. The molecule has 0 aliphatic carbocycles. The van der Waals surface area contributed by atoms with Crippen molar-refractivity contribution in [2.24, 2.45) is 0 Å². The average molecular weight is 249 g/mol. The largest absolute Gasteiger partial charge is 0.368 e. The summed E-state index contributed by atoms with van der Waals surface area (Å²) in [7, 11) is 0. The van der Waals surface area contributed by atoms with E-state index in [2.05, 4.69) is 33.4 Å². The third kappa shape index (κ3) is 2.88. The third-order valence-corrected chi connectivity index (χ3v) is 3.04. The van der Waals surface area contributed by atoms with Crippen LogP contribution in [0.15, 0.2) is 66.9 Å². The molecule has 0 N–H and O–H groups in total. The Morgan fingerprint density at radius 2 is 1.84 bits per heavy atom. The van der Waals surface area contributed by atoms with Gasteiger partial charge < -0.3 is 4.90 Å². The fraction of sp³-hybridized carbons (Fsp3) is 0.125. The second-order valence-corrected chi connectivity index (χ2v) is 4.48. The lowest BCUT2D eigenvalue weighted by Crippen LogP contribution is -2.19. The molecule has 0 spiro atoms. The van der Waals surface area contributed by atoms with Gasteiger partial charge in [-0.15, -0.1) is 0 Å². The first-order chi connectivity index (χ1) is 9.42. The molecule has 3 rings (SSSR count). The second-order valence-electron chi connectivity index (χ2n) is 4.48. The minimum absolute atomic E-state index is 0.795. The van der Waals surface area contributed by atoms with E-state index >= 15 is 0 Å². The Labute approximate surface area is 112 Å². The van der Waals surface area contributed by atoms with Gasteiger partial charge >= 0.3 is 0 Å². The van der Waals surface area contributed by atoms with E-state index in [1.165, 1.54) is 0 Å². The molecule has 0 saturated carbocycles. The van der Waals surface area contributed by atoms with Crippen molar-refractivity contribution in [2.75, 3.05) is 6.54 Å². The van der Waals surface area contributed by atoms with Gasteiger partial charge in [0.25, 0.3) is 0 Å². The first kappa shape index (κ1) is 11.7. The van der Waals surface area contributed by atoms with E-state index in [9.17, 15) is 0 Å². The summed E-state index contributed by atoms with van der Waals surface area (Å²) in [6.07, 6.45) is 8.30. The standard InChI is InChI=1S/C16H15N3/c1-3-7-14(8-4-1)16-10-9-15(17-18-16)13-19-11-5-2-6-12-19/h1-11H,12-13H2. The Hall–Kier alpha value is -2.42. The maximum absolute atomic E-state index is 4.30. The number of aromatic nitrogens is 2. The Balaban J connectivity index is 1.72. The van der Waals surface area contributed by atoms with Crippen LogP contribution in [0.1, 0.15) is 5.69 Å². The van der Waals surface area contributed by atoms with Crippen LogP contribution in [-0.4, -0.2) is 21.6 Å². The fourth-order valence-corrected chi connectivity index (χ4v) is 2.04. The van der Waals surface area contributed by atoms with E-state index in [-0.39, 0.29) is 0 Å². The van der Waals surface area contributed by atoms with Crippen LogP contribution in [-0.2, 0) is 6.54 Å². The predicted octanol–water partition coefficient (Wildman–Crippen LogP) is 3.03. The summed E-state index contributed by atoms with van der Waals surface area (Å²) in [5.74, 6) is 0. The molecule has 19 heavy (non-hydrogen) atoms. The van der Waals surface area contributed by atoms with Gasteiger partial charge in [0.15, 0.2) is 0 Å². The molecule has 0 bridgehead atoms. The first-order valence-corrected chi connectivity index (χ1v) is 6.37. The second kappa shape index (κ2) is 5.48. The number of rotatable bonds is 3. The summed E-state index contributed by atoms with van der Waals surface area (Å²) in [6, 6.07) is 14.2. The zero-order valence-corrected chi connectivity index (χ0v) is 10.6. The smallest absolute Gasteiger partial charge is 0.0929 e. The Morgan fingerprint density at radius 1 is 0.947 bits per heavy atom. The van der Waals surface area contributed by atoms with Crippen molar-refractivity contribution in [2.45, 2.75) is 6.54 Å². The van der Waals surface area contributed by atoms with Crippen molar-refractivity contribution in [3.63, 3.8) is 0 Å². The highest BCUT2D eigenvalue weighted by molar-refractivity contribution is 5.57. The molecular formula is C16H15N3. The van der Waals surface area contributed by atoms with E-state index in [1.807, 2.05) is 48.5 Å². The molecule has 1 aromatic heterocycles. The van der Waals surface area contributed by atoms with Crippen LogP contribution >= 0.6 is 0 Å². The van der Waals surface area contributed by atoms with Gasteiger partial charge in [-0.3, -0.25) is 0 Å². The molecule has 2 aromatic rings. The molecule has 0 fully saturated rings. The van der Waals surface area contributed by atoms with Crippen LogP contribution in [0.4, 0.5) is 0 Å². The molecule has 1 aliphatic heterocycles. The molecule has 0 radical (unpaired) electrons. The van der Waals surface area contributed by atoms with Gasteiger partial charge in [-0.2, -0.15) is 10.2 Å². The van der Waals surface area contributed by atoms with Crippen molar-refractivity contribution in [3.05, 3.63) is 72.6 Å². The summed E-state index contributed by atoms with van der Waals surface area (Å²) >= 11 is 0. The molecule has 94 valence electrons. The van der Waals surface area contributed by atoms with Crippen molar-refractivity contribution in [1.82, 2.24) is 15.1 Å². The van der Waals surface area contributed by atoms with Crippen LogP contribution in [0.5, 0.6) is 0 Å². The van der Waals surface area contributed by atoms with Gasteiger partial charge in [-0.05, 0) is 24.4 Å². The third-order valence-electron chi connectivity index (χ3n) is 3.04. The predicted molar refractivity (Wildman–Crippen MR) is 76.2 cm³/mol. The number of hydrogen-bond donors (Lipinski definition) is 0. The summed E-state index contributed by atoms with van der Waals surface area (Å²) in [5.41, 5.74) is 3.00. The minimum Gasteiger partial charge on any atom is -0.368 e. The molecule has 3 heteroatoms. The van der Waals surface area contributed by atoms with Crippen LogP contribution in [0, 0.1) is 0 Å². The number of hydrogen-bond acceptors (Lipinski definition) is 3. The summed E-state index contributed by atoms with van der Waals surface area (Å²) < 4.78 is 0. The van der Waals surface area contributed by atoms with Crippen LogP contribution < -0.4 is 0 Å². The first-order valence-electron chi connectivity index (χ1n) is 6.37. The summed E-state index contributed by atoms with van der Waals surface area (Å²) in [4.78, 5) is 2.20. The lowest BCUT2D eigenvalue weighted by molar-refractivity contribution is 0.398. The van der Waals surface area contributed by atoms with E-state index < -0.39 is 0 Å². The van der Waals surface area contributed by atoms with E-state index in [1.54, 1.807) is 0 Å². The van der Waals surface area contributed by atoms with E-state index in [0.717, 1.165) is 30.0 Å². The Kier molecular flexibility index (Phi) is 3.36. The molecule has 0 saturated heterocycles. The molecule has 0 unspecified atom stereocenters. The van der Waals surface area contributed by atoms with Gasteiger partial charge in [0, 0.05) is 12.1 Å². The highest BCUT2D eigenvalue weighted by Crippen LogP contribution is 2.15. The summed E-state index contributed by atoms with van der Waals surface area (Å²) in [5, 5.41) is 8.60. The van der Waals surface area contributed by atoms with Crippen LogP contribution in [0.3, 0.4) is 0 Å². The molecule has 1 aromatic carbocycles. The van der Waals surface area contributed by atoms with E-state index in [4.69, 9.17) is 0 Å². The maximum Gasteiger partial charge on any atom is 0.0929 e. The molecule has 0 atom stereocenters. The van der Waals surface area contributed by atoms with Gasteiger partial charge in [0.05, 0.1) is 17.9 Å². The van der Waals surface area contributed by atoms with Crippen molar-refractivity contribution in [3.8, 4) is 11.3 Å². The van der Waals surface area contributed by atoms with Gasteiger partial charge in [0.2, 0.25) is 0 Å². The quantitative estimate of drug-likeness (QED) is 0.837. The normalized spacial score (nSPS) is 13.8. The molecule has 0 amide bonds. The Bertz CT molecular complexity index is 585.